The number of carbonyl (C=O) groups is 3. The van der Waals surface area contributed by atoms with Gasteiger partial charge in [0.2, 0.25) is 16.9 Å². The third-order valence-electron chi connectivity index (χ3n) is 5.62. The van der Waals surface area contributed by atoms with E-state index in [1.165, 1.54) is 43.5 Å². The molecule has 0 spiro atoms. The standard InChI is InChI=1S/C29H24O12S/c1-15-6-12-21(13-7-15)42(34,35)41-27-23(37-16(2)30)14-22-24(28(27)38-17(3)31)25(33)29(39-18(4)32)26(40-22)19-8-10-20(36-5)11-9-19/h6-14H,1-5H3. The van der Waals surface area contributed by atoms with Crippen molar-refractivity contribution in [2.45, 2.75) is 32.6 Å². The van der Waals surface area contributed by atoms with E-state index >= 15 is 0 Å². The van der Waals surface area contributed by atoms with Crippen LogP contribution in [-0.2, 0) is 24.5 Å². The van der Waals surface area contributed by atoms with Gasteiger partial charge in [0.25, 0.3) is 0 Å². The van der Waals surface area contributed by atoms with Crippen LogP contribution in [0.25, 0.3) is 22.3 Å². The molecule has 0 fully saturated rings. The minimum absolute atomic E-state index is 0.200. The van der Waals surface area contributed by atoms with Crippen LogP contribution in [0.5, 0.6) is 28.7 Å². The van der Waals surface area contributed by atoms with Crippen molar-refractivity contribution in [3.8, 4) is 40.1 Å². The molecule has 1 aromatic heterocycles. The van der Waals surface area contributed by atoms with Crippen LogP contribution >= 0.6 is 0 Å². The topological polar surface area (TPSA) is 162 Å². The van der Waals surface area contributed by atoms with E-state index < -0.39 is 61.8 Å². The molecule has 0 aliphatic rings. The van der Waals surface area contributed by atoms with E-state index in [0.717, 1.165) is 32.4 Å². The number of methoxy groups -OCH3 is 1. The predicted molar refractivity (Wildman–Crippen MR) is 147 cm³/mol. The Morgan fingerprint density at radius 2 is 1.33 bits per heavy atom. The molecule has 0 aliphatic heterocycles. The van der Waals surface area contributed by atoms with Gasteiger partial charge in [0.1, 0.15) is 21.6 Å². The number of hydrogen-bond donors (Lipinski definition) is 0. The molecule has 0 amide bonds. The van der Waals surface area contributed by atoms with Crippen LogP contribution in [-0.4, -0.2) is 33.4 Å². The Kier molecular flexibility index (Phi) is 8.34. The molecule has 0 atom stereocenters. The van der Waals surface area contributed by atoms with Crippen molar-refractivity contribution in [2.75, 3.05) is 7.11 Å². The predicted octanol–water partition coefficient (Wildman–Crippen LogP) is 4.32. The normalized spacial score (nSPS) is 11.1. The van der Waals surface area contributed by atoms with Gasteiger partial charge in [-0.3, -0.25) is 19.2 Å². The molecule has 42 heavy (non-hydrogen) atoms. The molecular formula is C29H24O12S. The summed E-state index contributed by atoms with van der Waals surface area (Å²) >= 11 is 0. The number of ether oxygens (including phenoxy) is 4. The second kappa shape index (κ2) is 11.7. The molecule has 218 valence electrons. The van der Waals surface area contributed by atoms with Crippen LogP contribution < -0.4 is 28.6 Å². The molecule has 0 radical (unpaired) electrons. The Hall–Kier alpha value is -5.17. The largest absolute Gasteiger partial charge is 0.497 e. The molecule has 4 rings (SSSR count). The first-order valence-corrected chi connectivity index (χ1v) is 13.6. The Labute approximate surface area is 239 Å². The molecule has 0 N–H and O–H groups in total. The van der Waals surface area contributed by atoms with Crippen molar-refractivity contribution in [3.63, 3.8) is 0 Å². The Balaban J connectivity index is 2.09. The second-order valence-corrected chi connectivity index (χ2v) is 10.4. The van der Waals surface area contributed by atoms with Crippen molar-refractivity contribution in [1.82, 2.24) is 0 Å². The third-order valence-corrected chi connectivity index (χ3v) is 6.85. The highest BCUT2D eigenvalue weighted by molar-refractivity contribution is 7.87. The number of rotatable bonds is 8. The van der Waals surface area contributed by atoms with Gasteiger partial charge in [-0.25, -0.2) is 0 Å². The van der Waals surface area contributed by atoms with Crippen molar-refractivity contribution in [2.24, 2.45) is 0 Å². The summed E-state index contributed by atoms with van der Waals surface area (Å²) in [6.07, 6.45) is 0. The molecule has 4 aromatic rings. The van der Waals surface area contributed by atoms with Crippen LogP contribution in [0.1, 0.15) is 26.3 Å². The number of esters is 3. The van der Waals surface area contributed by atoms with Crippen molar-refractivity contribution < 1.29 is 50.3 Å². The highest BCUT2D eigenvalue weighted by Crippen LogP contribution is 2.46. The van der Waals surface area contributed by atoms with E-state index in [0.29, 0.717) is 5.75 Å². The van der Waals surface area contributed by atoms with E-state index in [2.05, 4.69) is 0 Å². The summed E-state index contributed by atoms with van der Waals surface area (Å²) in [6, 6.07) is 12.8. The zero-order chi connectivity index (χ0) is 30.8. The molecule has 12 nitrogen and oxygen atoms in total. The van der Waals surface area contributed by atoms with Gasteiger partial charge in [-0.15, -0.1) is 0 Å². The highest BCUT2D eigenvalue weighted by Gasteiger charge is 2.31. The maximum absolute atomic E-state index is 13.9. The zero-order valence-electron chi connectivity index (χ0n) is 23.0. The first-order valence-electron chi connectivity index (χ1n) is 12.2. The summed E-state index contributed by atoms with van der Waals surface area (Å²) in [4.78, 5) is 49.8. The highest BCUT2D eigenvalue weighted by atomic mass is 32.2. The Morgan fingerprint density at radius 1 is 0.762 bits per heavy atom. The lowest BCUT2D eigenvalue weighted by Crippen LogP contribution is -2.17. The summed E-state index contributed by atoms with van der Waals surface area (Å²) in [5.41, 5.74) is -0.268. The molecule has 0 saturated heterocycles. The fourth-order valence-electron chi connectivity index (χ4n) is 3.84. The van der Waals surface area contributed by atoms with Crippen molar-refractivity contribution >= 4 is 39.0 Å². The molecule has 3 aromatic carbocycles. The Bertz CT molecular complexity index is 1870. The van der Waals surface area contributed by atoms with E-state index in [1.807, 2.05) is 0 Å². The van der Waals surface area contributed by atoms with Gasteiger partial charge in [-0.1, -0.05) is 17.7 Å². The monoisotopic (exact) mass is 596 g/mol. The lowest BCUT2D eigenvalue weighted by Gasteiger charge is -2.17. The van der Waals surface area contributed by atoms with Gasteiger partial charge < -0.3 is 27.5 Å². The van der Waals surface area contributed by atoms with Gasteiger partial charge in [0, 0.05) is 32.4 Å². The number of fused-ring (bicyclic) bond motifs is 1. The Morgan fingerprint density at radius 3 is 1.88 bits per heavy atom. The molecule has 0 unspecified atom stereocenters. The van der Waals surface area contributed by atoms with E-state index in [1.54, 1.807) is 19.1 Å². The maximum Gasteiger partial charge on any atom is 0.339 e. The number of carbonyl (C=O) groups excluding carboxylic acids is 3. The molecule has 1 heterocycles. The van der Waals surface area contributed by atoms with Crippen LogP contribution in [0.3, 0.4) is 0 Å². The van der Waals surface area contributed by atoms with Gasteiger partial charge in [-0.05, 0) is 43.3 Å². The molecule has 13 heteroatoms. The lowest BCUT2D eigenvalue weighted by molar-refractivity contribution is -0.133. The average molecular weight is 597 g/mol. The summed E-state index contributed by atoms with van der Waals surface area (Å²) in [7, 11) is -3.17. The lowest BCUT2D eigenvalue weighted by atomic mass is 10.1. The maximum atomic E-state index is 13.9. The second-order valence-electron chi connectivity index (χ2n) is 8.86. The van der Waals surface area contributed by atoms with Crippen molar-refractivity contribution in [3.05, 3.63) is 70.4 Å². The minimum atomic E-state index is -4.63. The van der Waals surface area contributed by atoms with Gasteiger partial charge >= 0.3 is 28.0 Å². The molecule has 0 bridgehead atoms. The summed E-state index contributed by atoms with van der Waals surface area (Å²) in [5, 5.41) is -0.524. The van der Waals surface area contributed by atoms with Crippen LogP contribution in [0.15, 0.2) is 68.7 Å². The van der Waals surface area contributed by atoms with Gasteiger partial charge in [0.05, 0.1) is 7.11 Å². The first-order chi connectivity index (χ1) is 19.8. The first kappa shape index (κ1) is 29.8. The van der Waals surface area contributed by atoms with E-state index in [-0.39, 0.29) is 21.8 Å². The number of hydrogen-bond acceptors (Lipinski definition) is 12. The molecular weight excluding hydrogens is 572 g/mol. The average Bonchev–Trinajstić information content (AvgIpc) is 2.91. The number of aryl methyl sites for hydroxylation is 1. The summed E-state index contributed by atoms with van der Waals surface area (Å²) in [6.45, 7) is 4.83. The van der Waals surface area contributed by atoms with E-state index in [9.17, 15) is 27.6 Å². The third kappa shape index (κ3) is 6.25. The fourth-order valence-corrected chi connectivity index (χ4v) is 4.79. The summed E-state index contributed by atoms with van der Waals surface area (Å²) in [5.74, 6) is -5.11. The SMILES string of the molecule is COc1ccc(-c2oc3cc(OC(C)=O)c(OS(=O)(=O)c4ccc(C)cc4)c(OC(C)=O)c3c(=O)c2OC(C)=O)cc1. The van der Waals surface area contributed by atoms with Crippen molar-refractivity contribution in [1.29, 1.82) is 0 Å². The zero-order valence-corrected chi connectivity index (χ0v) is 23.8. The molecule has 0 saturated carbocycles. The molecule has 0 aliphatic carbocycles. The minimum Gasteiger partial charge on any atom is -0.497 e. The fraction of sp³-hybridized carbons (Fsp3) is 0.172. The summed E-state index contributed by atoms with van der Waals surface area (Å²) < 4.78 is 58.6. The smallest absolute Gasteiger partial charge is 0.339 e. The number of benzene rings is 3. The van der Waals surface area contributed by atoms with E-state index in [4.69, 9.17) is 27.5 Å². The quantitative estimate of drug-likeness (QED) is 0.161. The van der Waals surface area contributed by atoms with Crippen LogP contribution in [0.4, 0.5) is 0 Å². The van der Waals surface area contributed by atoms with Crippen LogP contribution in [0.2, 0.25) is 0 Å². The van der Waals surface area contributed by atoms with Gasteiger partial charge in [0.15, 0.2) is 17.3 Å². The van der Waals surface area contributed by atoms with Gasteiger partial charge in [-0.2, -0.15) is 8.42 Å². The van der Waals surface area contributed by atoms with Crippen LogP contribution in [0, 0.1) is 6.92 Å².